The molecule has 0 aliphatic rings. The summed E-state index contributed by atoms with van der Waals surface area (Å²) in [6, 6.07) is 0. The molecule has 0 aromatic carbocycles. The van der Waals surface area contributed by atoms with E-state index in [1.165, 1.54) is 19.3 Å². The first-order chi connectivity index (χ1) is 9.78. The standard InChI is InChI=1S/3C6H14N.Al/c3*1-5-6(2,3)7-4;/h3*5H2,1-4H3;/q3*-1;+3. The van der Waals surface area contributed by atoms with Crippen LogP contribution in [0.15, 0.2) is 0 Å². The normalized spacial score (nSPS) is 14.3. The van der Waals surface area contributed by atoms with Crippen molar-refractivity contribution in [1.29, 1.82) is 0 Å². The van der Waals surface area contributed by atoms with Gasteiger partial charge in [-0.15, -0.1) is 0 Å². The van der Waals surface area contributed by atoms with Gasteiger partial charge in [-0.05, 0) is 98.6 Å². The van der Waals surface area contributed by atoms with Gasteiger partial charge in [0.2, 0.25) is 0 Å². The van der Waals surface area contributed by atoms with Crippen molar-refractivity contribution >= 4 is 14.8 Å². The molecule has 0 aromatic rings. The molecule has 3 nitrogen and oxygen atoms in total. The third-order valence-electron chi connectivity index (χ3n) is 6.50. The highest BCUT2D eigenvalue weighted by Crippen LogP contribution is 2.29. The summed E-state index contributed by atoms with van der Waals surface area (Å²) in [5.74, 6) is 0. The average Bonchev–Trinajstić information content (AvgIpc) is 2.46. The highest BCUT2D eigenvalue weighted by Gasteiger charge is 2.49. The lowest BCUT2D eigenvalue weighted by Crippen LogP contribution is -2.71. The lowest BCUT2D eigenvalue weighted by atomic mass is 10.0. The van der Waals surface area contributed by atoms with E-state index in [2.05, 4.69) is 95.1 Å². The van der Waals surface area contributed by atoms with Gasteiger partial charge < -0.3 is 11.7 Å². The number of hydrogen-bond donors (Lipinski definition) is 0. The lowest BCUT2D eigenvalue weighted by Gasteiger charge is -2.52. The van der Waals surface area contributed by atoms with E-state index in [-0.39, 0.29) is 16.6 Å². The van der Waals surface area contributed by atoms with Crippen molar-refractivity contribution in [3.63, 3.8) is 0 Å². The highest BCUT2D eigenvalue weighted by molar-refractivity contribution is 6.50. The minimum atomic E-state index is -1.44. The van der Waals surface area contributed by atoms with E-state index in [1.807, 2.05) is 0 Å². The zero-order valence-electron chi connectivity index (χ0n) is 17.5. The molecule has 0 saturated heterocycles. The summed E-state index contributed by atoms with van der Waals surface area (Å²) in [7, 11) is 7.01. The fourth-order valence-corrected chi connectivity index (χ4v) is 6.45. The second kappa shape index (κ2) is 7.99. The topological polar surface area (TPSA) is 9.72 Å². The van der Waals surface area contributed by atoms with Crippen LogP contribution in [0.25, 0.3) is 0 Å². The molecule has 0 aromatic heterocycles. The van der Waals surface area contributed by atoms with E-state index in [9.17, 15) is 0 Å². The Balaban J connectivity index is 5.80. The van der Waals surface area contributed by atoms with Gasteiger partial charge >= 0.3 is 14.8 Å². The molecule has 0 radical (unpaired) electrons. The Hall–Kier alpha value is 0.412. The van der Waals surface area contributed by atoms with Crippen molar-refractivity contribution in [2.45, 2.75) is 98.2 Å². The molecule has 0 N–H and O–H groups in total. The fraction of sp³-hybridized carbons (Fsp3) is 1.00. The van der Waals surface area contributed by atoms with Crippen molar-refractivity contribution in [2.75, 3.05) is 21.1 Å². The Bertz CT molecular complexity index is 287. The van der Waals surface area contributed by atoms with Crippen LogP contribution in [-0.2, 0) is 0 Å². The SMILES string of the molecule is CCC(C)(C)[N](C)[Al]([N](C)C(C)(C)CC)[N](C)C(C)(C)CC. The molecule has 0 heterocycles. The lowest BCUT2D eigenvalue weighted by molar-refractivity contribution is 0.128. The minimum absolute atomic E-state index is 0.229. The molecule has 0 spiro atoms. The molecular formula is C18H42AlN3. The maximum absolute atomic E-state index is 2.68. The first kappa shape index (κ1) is 22.4. The summed E-state index contributed by atoms with van der Waals surface area (Å²) >= 11 is -1.44. The van der Waals surface area contributed by atoms with Gasteiger partial charge in [-0.3, -0.25) is 0 Å². The first-order valence-corrected chi connectivity index (χ1v) is 10.5. The Morgan fingerprint density at radius 1 is 0.545 bits per heavy atom. The number of hydrogen-bond acceptors (Lipinski definition) is 3. The van der Waals surface area contributed by atoms with Gasteiger partial charge in [0, 0.05) is 0 Å². The van der Waals surface area contributed by atoms with Crippen molar-refractivity contribution in [2.24, 2.45) is 0 Å². The van der Waals surface area contributed by atoms with Gasteiger partial charge in [0.25, 0.3) is 0 Å². The van der Waals surface area contributed by atoms with Crippen molar-refractivity contribution in [1.82, 2.24) is 11.7 Å². The van der Waals surface area contributed by atoms with Crippen LogP contribution in [0.3, 0.4) is 0 Å². The molecule has 0 bridgehead atoms. The van der Waals surface area contributed by atoms with Crippen LogP contribution >= 0.6 is 0 Å². The van der Waals surface area contributed by atoms with Crippen LogP contribution in [0.2, 0.25) is 0 Å². The second-order valence-corrected chi connectivity index (χ2v) is 11.7. The van der Waals surface area contributed by atoms with Crippen molar-refractivity contribution < 1.29 is 0 Å². The van der Waals surface area contributed by atoms with Gasteiger partial charge in [-0.1, -0.05) is 20.8 Å². The van der Waals surface area contributed by atoms with E-state index in [1.54, 1.807) is 0 Å². The van der Waals surface area contributed by atoms with Crippen LogP contribution in [-0.4, -0.2) is 64.2 Å². The number of nitrogens with zero attached hydrogens (tertiary/aromatic N) is 3. The molecule has 0 fully saturated rings. The van der Waals surface area contributed by atoms with Gasteiger partial charge in [0.1, 0.15) is 0 Å². The molecular weight excluding hydrogens is 285 g/mol. The molecule has 0 saturated carbocycles. The molecule has 0 aliphatic carbocycles. The van der Waals surface area contributed by atoms with E-state index in [4.69, 9.17) is 0 Å². The monoisotopic (exact) mass is 327 g/mol. The first-order valence-electron chi connectivity index (χ1n) is 8.97. The van der Waals surface area contributed by atoms with E-state index < -0.39 is 14.8 Å². The Morgan fingerprint density at radius 2 is 0.727 bits per heavy atom. The van der Waals surface area contributed by atoms with Gasteiger partial charge in [0.15, 0.2) is 0 Å². The van der Waals surface area contributed by atoms with Gasteiger partial charge in [0.05, 0.1) is 0 Å². The summed E-state index contributed by atoms with van der Waals surface area (Å²) in [5.41, 5.74) is 0.688. The predicted octanol–water partition coefficient (Wildman–Crippen LogP) is 4.33. The summed E-state index contributed by atoms with van der Waals surface area (Å²) in [5, 5.41) is 0. The quantitative estimate of drug-likeness (QED) is 0.584. The smallest absolute Gasteiger partial charge is 0.355 e. The van der Waals surface area contributed by atoms with Crippen LogP contribution in [0.5, 0.6) is 0 Å². The third kappa shape index (κ3) is 4.95. The van der Waals surface area contributed by atoms with Gasteiger partial charge in [-0.25, -0.2) is 0 Å². The third-order valence-corrected chi connectivity index (χ3v) is 10.7. The average molecular weight is 328 g/mol. The maximum atomic E-state index is 2.68. The van der Waals surface area contributed by atoms with Crippen molar-refractivity contribution in [3.8, 4) is 0 Å². The predicted molar refractivity (Wildman–Crippen MR) is 102 cm³/mol. The molecule has 4 heteroatoms. The summed E-state index contributed by atoms with van der Waals surface area (Å²) in [6.07, 6.45) is 3.52. The summed E-state index contributed by atoms with van der Waals surface area (Å²) in [6.45, 7) is 21.2. The molecule has 22 heavy (non-hydrogen) atoms. The zero-order chi connectivity index (χ0) is 17.9. The molecule has 0 atom stereocenters. The van der Waals surface area contributed by atoms with Gasteiger partial charge in [-0.2, -0.15) is 0 Å². The molecule has 132 valence electrons. The number of rotatable bonds is 9. The van der Waals surface area contributed by atoms with Crippen LogP contribution in [0.1, 0.15) is 81.6 Å². The minimum Gasteiger partial charge on any atom is -0.355 e. The molecule has 0 rings (SSSR count). The van der Waals surface area contributed by atoms with Crippen LogP contribution < -0.4 is 0 Å². The Morgan fingerprint density at radius 3 is 0.864 bits per heavy atom. The molecule has 0 aliphatic heterocycles. The van der Waals surface area contributed by atoms with E-state index >= 15 is 0 Å². The van der Waals surface area contributed by atoms with Crippen molar-refractivity contribution in [3.05, 3.63) is 0 Å². The largest absolute Gasteiger partial charge is 0.609 e. The highest BCUT2D eigenvalue weighted by atomic mass is 27.2. The second-order valence-electron chi connectivity index (χ2n) is 8.68. The Labute approximate surface area is 146 Å². The van der Waals surface area contributed by atoms with Crippen LogP contribution in [0.4, 0.5) is 0 Å². The van der Waals surface area contributed by atoms with Crippen LogP contribution in [0, 0.1) is 0 Å². The maximum Gasteiger partial charge on any atom is 0.609 e. The molecule has 0 unspecified atom stereocenters. The Kier molecular flexibility index (Phi) is 8.14. The fourth-order valence-electron chi connectivity index (χ4n) is 2.47. The van der Waals surface area contributed by atoms with E-state index in [0.29, 0.717) is 0 Å². The zero-order valence-corrected chi connectivity index (χ0v) is 18.7. The summed E-state index contributed by atoms with van der Waals surface area (Å²) < 4.78 is 8.05. The van der Waals surface area contributed by atoms with E-state index in [0.717, 1.165) is 0 Å². The summed E-state index contributed by atoms with van der Waals surface area (Å²) in [4.78, 5) is 0. The molecule has 0 amide bonds.